The lowest BCUT2D eigenvalue weighted by molar-refractivity contribution is -0.118. The minimum atomic E-state index is -0.759. The molecule has 1 aromatic carbocycles. The lowest BCUT2D eigenvalue weighted by atomic mass is 10.2. The molecule has 0 saturated heterocycles. The predicted octanol–water partition coefficient (Wildman–Crippen LogP) is 3.52. The highest BCUT2D eigenvalue weighted by molar-refractivity contribution is 7.10. The Kier molecular flexibility index (Phi) is 5.78. The van der Waals surface area contributed by atoms with Gasteiger partial charge in [0.25, 0.3) is 0 Å². The molecule has 1 atom stereocenters. The van der Waals surface area contributed by atoms with Crippen LogP contribution in [0.1, 0.15) is 16.5 Å². The zero-order chi connectivity index (χ0) is 15.1. The van der Waals surface area contributed by atoms with E-state index in [0.717, 1.165) is 10.4 Å². The monoisotopic (exact) mass is 323 g/mol. The maximum absolute atomic E-state index is 11.8. The van der Waals surface area contributed by atoms with Gasteiger partial charge >= 0.3 is 6.09 Å². The number of carbonyl (C=O) groups is 2. The number of Topliss-reactive ketones (excluding diaryl/α,β-unsaturated/α-hetero) is 1. The first-order valence-electron chi connectivity index (χ1n) is 6.30. The SMILES string of the molecule is O=C(NC(C(=O)CCl)c1cccs1)OCc1ccccc1. The second kappa shape index (κ2) is 7.81. The molecule has 1 N–H and O–H groups in total. The summed E-state index contributed by atoms with van der Waals surface area (Å²) in [5.41, 5.74) is 0.879. The van der Waals surface area contributed by atoms with Crippen molar-refractivity contribution in [3.63, 3.8) is 0 Å². The molecule has 0 radical (unpaired) electrons. The quantitative estimate of drug-likeness (QED) is 0.827. The fourth-order valence-electron chi connectivity index (χ4n) is 1.73. The highest BCUT2D eigenvalue weighted by Crippen LogP contribution is 2.20. The van der Waals surface area contributed by atoms with Gasteiger partial charge in [0.05, 0.1) is 5.88 Å². The van der Waals surface area contributed by atoms with Gasteiger partial charge in [0.15, 0.2) is 5.78 Å². The number of alkyl halides is 1. The van der Waals surface area contributed by atoms with Gasteiger partial charge in [-0.3, -0.25) is 4.79 Å². The molecule has 0 saturated carbocycles. The maximum atomic E-state index is 11.8. The standard InChI is InChI=1S/C15H14ClNO3S/c16-9-12(18)14(13-7-4-8-21-13)17-15(19)20-10-11-5-2-1-3-6-11/h1-8,14H,9-10H2,(H,17,19). The Morgan fingerprint density at radius 1 is 1.19 bits per heavy atom. The molecular weight excluding hydrogens is 310 g/mol. The highest BCUT2D eigenvalue weighted by atomic mass is 35.5. The largest absolute Gasteiger partial charge is 0.445 e. The van der Waals surface area contributed by atoms with E-state index in [4.69, 9.17) is 16.3 Å². The molecule has 21 heavy (non-hydrogen) atoms. The van der Waals surface area contributed by atoms with Gasteiger partial charge in [0.2, 0.25) is 0 Å². The number of alkyl carbamates (subject to hydrolysis) is 1. The number of hydrogen-bond donors (Lipinski definition) is 1. The van der Waals surface area contributed by atoms with Crippen LogP contribution in [-0.2, 0) is 16.1 Å². The fraction of sp³-hybridized carbons (Fsp3) is 0.200. The van der Waals surface area contributed by atoms with E-state index in [2.05, 4.69) is 5.32 Å². The van der Waals surface area contributed by atoms with Crippen LogP contribution in [0.5, 0.6) is 0 Å². The number of nitrogens with one attached hydrogen (secondary N) is 1. The van der Waals surface area contributed by atoms with E-state index in [0.29, 0.717) is 0 Å². The second-order valence-corrected chi connectivity index (χ2v) is 5.50. The van der Waals surface area contributed by atoms with Crippen LogP contribution in [0.2, 0.25) is 0 Å². The first-order chi connectivity index (χ1) is 10.2. The Balaban J connectivity index is 1.94. The van der Waals surface area contributed by atoms with Gasteiger partial charge in [-0.2, -0.15) is 0 Å². The summed E-state index contributed by atoms with van der Waals surface area (Å²) in [5.74, 6) is -0.433. The average Bonchev–Trinajstić information content (AvgIpc) is 3.05. The van der Waals surface area contributed by atoms with Gasteiger partial charge in [-0.1, -0.05) is 36.4 Å². The zero-order valence-electron chi connectivity index (χ0n) is 11.1. The number of thiophene rings is 1. The number of rotatable bonds is 6. The minimum Gasteiger partial charge on any atom is -0.445 e. The van der Waals surface area contributed by atoms with Crippen LogP contribution in [0.25, 0.3) is 0 Å². The molecule has 1 amide bonds. The summed E-state index contributed by atoms with van der Waals surface area (Å²) in [6.45, 7) is 0.152. The maximum Gasteiger partial charge on any atom is 0.408 e. The molecule has 1 heterocycles. The Morgan fingerprint density at radius 3 is 2.57 bits per heavy atom. The normalized spacial score (nSPS) is 11.7. The highest BCUT2D eigenvalue weighted by Gasteiger charge is 2.23. The molecule has 110 valence electrons. The number of hydrogen-bond acceptors (Lipinski definition) is 4. The van der Waals surface area contributed by atoms with Gasteiger partial charge in [0, 0.05) is 4.88 Å². The molecule has 0 bridgehead atoms. The van der Waals surface area contributed by atoms with E-state index in [-0.39, 0.29) is 18.3 Å². The van der Waals surface area contributed by atoms with Crippen molar-refractivity contribution in [2.45, 2.75) is 12.6 Å². The minimum absolute atomic E-state index is 0.152. The zero-order valence-corrected chi connectivity index (χ0v) is 12.7. The van der Waals surface area contributed by atoms with Crippen LogP contribution in [0.3, 0.4) is 0 Å². The molecule has 0 spiro atoms. The number of ketones is 1. The molecule has 0 aliphatic heterocycles. The summed E-state index contributed by atoms with van der Waals surface area (Å²) >= 11 is 6.96. The van der Waals surface area contributed by atoms with Crippen LogP contribution >= 0.6 is 22.9 Å². The molecule has 4 nitrogen and oxygen atoms in total. The van der Waals surface area contributed by atoms with E-state index >= 15 is 0 Å². The van der Waals surface area contributed by atoms with Crippen LogP contribution in [0.4, 0.5) is 4.79 Å². The Labute approximate surface area is 131 Å². The fourth-order valence-corrected chi connectivity index (χ4v) is 2.68. The second-order valence-electron chi connectivity index (χ2n) is 4.25. The first-order valence-corrected chi connectivity index (χ1v) is 7.71. The molecule has 2 aromatic rings. The van der Waals surface area contributed by atoms with Gasteiger partial charge in [-0.15, -0.1) is 22.9 Å². The summed E-state index contributed by atoms with van der Waals surface area (Å²) < 4.78 is 5.11. The summed E-state index contributed by atoms with van der Waals surface area (Å²) in [5, 5.41) is 4.39. The molecule has 1 aromatic heterocycles. The van der Waals surface area contributed by atoms with E-state index in [1.165, 1.54) is 11.3 Å². The molecule has 0 aliphatic carbocycles. The molecule has 0 fully saturated rings. The third-order valence-corrected chi connectivity index (χ3v) is 3.96. The lowest BCUT2D eigenvalue weighted by Crippen LogP contribution is -2.34. The van der Waals surface area contributed by atoms with E-state index in [1.807, 2.05) is 41.8 Å². The molecule has 1 unspecified atom stereocenters. The third-order valence-electron chi connectivity index (χ3n) is 2.76. The number of halogens is 1. The van der Waals surface area contributed by atoms with Gasteiger partial charge in [-0.25, -0.2) is 4.79 Å². The van der Waals surface area contributed by atoms with E-state index < -0.39 is 12.1 Å². The lowest BCUT2D eigenvalue weighted by Gasteiger charge is -2.15. The molecule has 2 rings (SSSR count). The summed E-state index contributed by atoms with van der Waals surface area (Å²) in [6.07, 6.45) is -0.643. The van der Waals surface area contributed by atoms with E-state index in [1.54, 1.807) is 6.07 Å². The summed E-state index contributed by atoms with van der Waals surface area (Å²) in [7, 11) is 0. The Hall–Kier alpha value is -1.85. The van der Waals surface area contributed by atoms with Gasteiger partial charge < -0.3 is 10.1 Å². The van der Waals surface area contributed by atoms with Crippen molar-refractivity contribution >= 4 is 34.8 Å². The summed E-state index contributed by atoms with van der Waals surface area (Å²) in [4.78, 5) is 24.4. The number of ether oxygens (including phenoxy) is 1. The molecular formula is C15H14ClNO3S. The van der Waals surface area contributed by atoms with Crippen molar-refractivity contribution in [1.82, 2.24) is 5.32 Å². The Morgan fingerprint density at radius 2 is 1.95 bits per heavy atom. The van der Waals surface area contributed by atoms with Crippen LogP contribution in [0.15, 0.2) is 47.8 Å². The van der Waals surface area contributed by atoms with Crippen molar-refractivity contribution in [2.75, 3.05) is 5.88 Å². The number of carbonyl (C=O) groups excluding carboxylic acids is 2. The van der Waals surface area contributed by atoms with Gasteiger partial charge in [0.1, 0.15) is 12.6 Å². The topological polar surface area (TPSA) is 55.4 Å². The third kappa shape index (κ3) is 4.58. The van der Waals surface area contributed by atoms with Crippen LogP contribution in [-0.4, -0.2) is 17.8 Å². The van der Waals surface area contributed by atoms with Crippen molar-refractivity contribution < 1.29 is 14.3 Å². The van der Waals surface area contributed by atoms with Crippen molar-refractivity contribution in [3.05, 3.63) is 58.3 Å². The predicted molar refractivity (Wildman–Crippen MR) is 82.5 cm³/mol. The van der Waals surface area contributed by atoms with Gasteiger partial charge in [-0.05, 0) is 17.0 Å². The van der Waals surface area contributed by atoms with Crippen LogP contribution in [0, 0.1) is 0 Å². The summed E-state index contributed by atoms with van der Waals surface area (Å²) in [6, 6.07) is 12.1. The Bertz CT molecular complexity index is 586. The molecule has 0 aliphatic rings. The first kappa shape index (κ1) is 15.5. The van der Waals surface area contributed by atoms with Crippen LogP contribution < -0.4 is 5.32 Å². The van der Waals surface area contributed by atoms with Crippen molar-refractivity contribution in [3.8, 4) is 0 Å². The molecule has 6 heteroatoms. The van der Waals surface area contributed by atoms with E-state index in [9.17, 15) is 9.59 Å². The van der Waals surface area contributed by atoms with Crippen molar-refractivity contribution in [1.29, 1.82) is 0 Å². The van der Waals surface area contributed by atoms with Crippen molar-refractivity contribution in [2.24, 2.45) is 0 Å². The number of benzene rings is 1. The average molecular weight is 324 g/mol. The smallest absolute Gasteiger partial charge is 0.408 e. The number of amides is 1.